The lowest BCUT2D eigenvalue weighted by Gasteiger charge is -2.33. The van der Waals surface area contributed by atoms with E-state index in [4.69, 9.17) is 0 Å². The van der Waals surface area contributed by atoms with Crippen LogP contribution in [0.3, 0.4) is 0 Å². The molecule has 4 nitrogen and oxygen atoms in total. The number of nitrogens with one attached hydrogen (secondary N) is 1. The monoisotopic (exact) mass is 208 g/mol. The van der Waals surface area contributed by atoms with Gasteiger partial charge in [0.25, 0.3) is 0 Å². The molecular weight excluding hydrogens is 188 g/mol. The van der Waals surface area contributed by atoms with Gasteiger partial charge >= 0.3 is 0 Å². The van der Waals surface area contributed by atoms with E-state index in [0.29, 0.717) is 5.92 Å². The lowest BCUT2D eigenvalue weighted by Crippen LogP contribution is -2.46. The summed E-state index contributed by atoms with van der Waals surface area (Å²) in [7, 11) is 1.92. The van der Waals surface area contributed by atoms with Crippen LogP contribution in [0.2, 0.25) is 0 Å². The second-order valence-electron chi connectivity index (χ2n) is 4.90. The van der Waals surface area contributed by atoms with Crippen molar-refractivity contribution in [2.75, 3.05) is 6.54 Å². The molecule has 1 unspecified atom stereocenters. The van der Waals surface area contributed by atoms with Crippen LogP contribution in [0.4, 0.5) is 0 Å². The van der Waals surface area contributed by atoms with Crippen LogP contribution in [0, 0.1) is 5.92 Å². The summed E-state index contributed by atoms with van der Waals surface area (Å²) < 4.78 is 1.78. The van der Waals surface area contributed by atoms with E-state index in [-0.39, 0.29) is 5.54 Å². The van der Waals surface area contributed by atoms with E-state index in [1.54, 1.807) is 4.68 Å². The summed E-state index contributed by atoms with van der Waals surface area (Å²) in [5.74, 6) is 0.641. The smallest absolute Gasteiger partial charge is 0.0845 e. The van der Waals surface area contributed by atoms with Gasteiger partial charge in [0.2, 0.25) is 0 Å². The molecule has 0 bridgehead atoms. The molecule has 0 aliphatic carbocycles. The van der Waals surface area contributed by atoms with Crippen LogP contribution in [-0.4, -0.2) is 27.1 Å². The molecule has 2 rings (SSSR count). The Labute approximate surface area is 91.1 Å². The SMILES string of the molecule is CC(C)C1(Cc2cn(C)nn2)CCCN1. The van der Waals surface area contributed by atoms with Crippen molar-refractivity contribution >= 4 is 0 Å². The lowest BCUT2D eigenvalue weighted by atomic mass is 9.81. The summed E-state index contributed by atoms with van der Waals surface area (Å²) in [6.07, 6.45) is 5.54. The lowest BCUT2D eigenvalue weighted by molar-refractivity contribution is 0.267. The third-order valence-corrected chi connectivity index (χ3v) is 3.53. The number of hydrogen-bond acceptors (Lipinski definition) is 3. The molecule has 0 amide bonds. The van der Waals surface area contributed by atoms with Gasteiger partial charge in [-0.05, 0) is 25.3 Å². The van der Waals surface area contributed by atoms with Crippen LogP contribution < -0.4 is 5.32 Å². The van der Waals surface area contributed by atoms with Crippen molar-refractivity contribution in [3.8, 4) is 0 Å². The highest BCUT2D eigenvalue weighted by atomic mass is 15.4. The molecule has 1 atom stereocenters. The molecule has 1 aliphatic heterocycles. The van der Waals surface area contributed by atoms with Gasteiger partial charge in [-0.25, -0.2) is 0 Å². The quantitative estimate of drug-likeness (QED) is 0.810. The average molecular weight is 208 g/mol. The maximum Gasteiger partial charge on any atom is 0.0845 e. The van der Waals surface area contributed by atoms with Gasteiger partial charge in [0.05, 0.1) is 5.69 Å². The van der Waals surface area contributed by atoms with Crippen molar-refractivity contribution in [3.63, 3.8) is 0 Å². The number of nitrogens with zero attached hydrogens (tertiary/aromatic N) is 3. The molecule has 0 saturated carbocycles. The molecule has 1 aliphatic rings. The zero-order valence-electron chi connectivity index (χ0n) is 9.82. The predicted octanol–water partition coefficient (Wildman–Crippen LogP) is 1.14. The van der Waals surface area contributed by atoms with Crippen molar-refractivity contribution in [2.45, 2.75) is 38.6 Å². The van der Waals surface area contributed by atoms with Crippen molar-refractivity contribution in [1.29, 1.82) is 0 Å². The Morgan fingerprint density at radius 2 is 2.40 bits per heavy atom. The molecule has 1 fully saturated rings. The van der Waals surface area contributed by atoms with E-state index < -0.39 is 0 Å². The topological polar surface area (TPSA) is 42.7 Å². The third-order valence-electron chi connectivity index (χ3n) is 3.53. The van der Waals surface area contributed by atoms with Gasteiger partial charge in [0.15, 0.2) is 0 Å². The summed E-state index contributed by atoms with van der Waals surface area (Å²) in [4.78, 5) is 0. The highest BCUT2D eigenvalue weighted by molar-refractivity contribution is 5.06. The number of aromatic nitrogens is 3. The van der Waals surface area contributed by atoms with E-state index in [9.17, 15) is 0 Å². The predicted molar refractivity (Wildman–Crippen MR) is 59.5 cm³/mol. The first kappa shape index (κ1) is 10.6. The molecule has 15 heavy (non-hydrogen) atoms. The summed E-state index contributed by atoms with van der Waals surface area (Å²) in [6, 6.07) is 0. The standard InChI is InChI=1S/C11H20N4/c1-9(2)11(5-4-6-12-11)7-10-8-15(3)14-13-10/h8-9,12H,4-7H2,1-3H3. The summed E-state index contributed by atoms with van der Waals surface area (Å²) in [6.45, 7) is 5.71. The Hall–Kier alpha value is -0.900. The first-order valence-electron chi connectivity index (χ1n) is 5.73. The molecule has 1 aromatic heterocycles. The molecule has 4 heteroatoms. The van der Waals surface area contributed by atoms with Crippen LogP contribution in [0.1, 0.15) is 32.4 Å². The number of rotatable bonds is 3. The van der Waals surface area contributed by atoms with Crippen LogP contribution in [-0.2, 0) is 13.5 Å². The average Bonchev–Trinajstić information content (AvgIpc) is 2.77. The first-order chi connectivity index (χ1) is 7.12. The fourth-order valence-corrected chi connectivity index (χ4v) is 2.48. The van der Waals surface area contributed by atoms with Gasteiger partial charge in [-0.2, -0.15) is 0 Å². The third kappa shape index (κ3) is 2.04. The summed E-state index contributed by atoms with van der Waals surface area (Å²) in [5, 5.41) is 11.8. The molecule has 1 saturated heterocycles. The molecule has 0 spiro atoms. The number of aryl methyl sites for hydroxylation is 1. The molecule has 0 radical (unpaired) electrons. The van der Waals surface area contributed by atoms with Gasteiger partial charge in [-0.15, -0.1) is 5.10 Å². The van der Waals surface area contributed by atoms with Gasteiger partial charge in [-0.3, -0.25) is 4.68 Å². The van der Waals surface area contributed by atoms with E-state index >= 15 is 0 Å². The van der Waals surface area contributed by atoms with Gasteiger partial charge in [0.1, 0.15) is 0 Å². The second-order valence-corrected chi connectivity index (χ2v) is 4.90. The molecule has 84 valence electrons. The van der Waals surface area contributed by atoms with E-state index in [2.05, 4.69) is 29.5 Å². The number of hydrogen-bond donors (Lipinski definition) is 1. The fourth-order valence-electron chi connectivity index (χ4n) is 2.48. The molecule has 2 heterocycles. The van der Waals surface area contributed by atoms with E-state index in [1.807, 2.05) is 13.2 Å². The van der Waals surface area contributed by atoms with Crippen LogP contribution >= 0.6 is 0 Å². The second kappa shape index (κ2) is 3.93. The molecule has 1 aromatic rings. The van der Waals surface area contributed by atoms with Crippen molar-refractivity contribution in [3.05, 3.63) is 11.9 Å². The Morgan fingerprint density at radius 1 is 1.60 bits per heavy atom. The van der Waals surface area contributed by atoms with Crippen molar-refractivity contribution in [2.24, 2.45) is 13.0 Å². The Balaban J connectivity index is 2.13. The van der Waals surface area contributed by atoms with Gasteiger partial charge in [-0.1, -0.05) is 19.1 Å². The zero-order chi connectivity index (χ0) is 10.9. The maximum absolute atomic E-state index is 4.18. The van der Waals surface area contributed by atoms with Crippen LogP contribution in [0.25, 0.3) is 0 Å². The Kier molecular flexibility index (Phi) is 2.78. The Bertz CT molecular complexity index is 323. The zero-order valence-corrected chi connectivity index (χ0v) is 9.82. The van der Waals surface area contributed by atoms with Crippen molar-refractivity contribution in [1.82, 2.24) is 20.3 Å². The fraction of sp³-hybridized carbons (Fsp3) is 0.818. The maximum atomic E-state index is 4.18. The minimum absolute atomic E-state index is 0.246. The first-order valence-corrected chi connectivity index (χ1v) is 5.73. The van der Waals surface area contributed by atoms with Gasteiger partial charge in [0, 0.05) is 25.2 Å². The van der Waals surface area contributed by atoms with Crippen molar-refractivity contribution < 1.29 is 0 Å². The highest BCUT2D eigenvalue weighted by Crippen LogP contribution is 2.30. The summed E-state index contributed by atoms with van der Waals surface area (Å²) >= 11 is 0. The molecule has 0 aromatic carbocycles. The van der Waals surface area contributed by atoms with Crippen LogP contribution in [0.15, 0.2) is 6.20 Å². The Morgan fingerprint density at radius 3 is 2.87 bits per heavy atom. The van der Waals surface area contributed by atoms with Gasteiger partial charge < -0.3 is 5.32 Å². The normalized spacial score (nSPS) is 26.4. The minimum Gasteiger partial charge on any atom is -0.311 e. The summed E-state index contributed by atoms with van der Waals surface area (Å²) in [5.41, 5.74) is 1.34. The minimum atomic E-state index is 0.246. The molecular formula is C11H20N4. The van der Waals surface area contributed by atoms with Crippen LogP contribution in [0.5, 0.6) is 0 Å². The van der Waals surface area contributed by atoms with E-state index in [0.717, 1.165) is 18.7 Å². The highest BCUT2D eigenvalue weighted by Gasteiger charge is 2.37. The van der Waals surface area contributed by atoms with E-state index in [1.165, 1.54) is 12.8 Å². The largest absolute Gasteiger partial charge is 0.311 e. The molecule has 1 N–H and O–H groups in total.